The smallest absolute Gasteiger partial charge is 0.252 e. The van der Waals surface area contributed by atoms with Gasteiger partial charge in [0, 0.05) is 6.07 Å². The summed E-state index contributed by atoms with van der Waals surface area (Å²) in [4.78, 5) is 0. The fraction of sp³-hybridized carbons (Fsp3) is 0. The average molecular weight is 223 g/mol. The zero-order chi connectivity index (χ0) is 8.97. The van der Waals surface area contributed by atoms with Crippen LogP contribution in [0.3, 0.4) is 0 Å². The highest BCUT2D eigenvalue weighted by Gasteiger charge is 2.07. The van der Waals surface area contributed by atoms with E-state index in [4.69, 9.17) is 10.7 Å². The van der Waals surface area contributed by atoms with Gasteiger partial charge in [-0.15, -0.1) is 4.57 Å². The van der Waals surface area contributed by atoms with Crippen LogP contribution in [0.1, 0.15) is 0 Å². The van der Waals surface area contributed by atoms with Crippen molar-refractivity contribution in [2.45, 2.75) is 0 Å². The fourth-order valence-electron chi connectivity index (χ4n) is 0.736. The van der Waals surface area contributed by atoms with E-state index in [9.17, 15) is 0 Å². The Labute approximate surface area is 78.2 Å². The van der Waals surface area contributed by atoms with Crippen molar-refractivity contribution < 1.29 is 4.57 Å². The van der Waals surface area contributed by atoms with Gasteiger partial charge in [-0.1, -0.05) is 0 Å². The predicted molar refractivity (Wildman–Crippen MR) is 47.4 cm³/mol. The minimum Gasteiger partial charge on any atom is -0.252 e. The maximum Gasteiger partial charge on any atom is 0.351 e. The summed E-state index contributed by atoms with van der Waals surface area (Å²) in [5, 5.41) is 15.4. The number of hydrogen-bond donors (Lipinski definition) is 1. The number of rotatable bonds is 1. The summed E-state index contributed by atoms with van der Waals surface area (Å²) in [5.41, 5.74) is 0.163. The van der Waals surface area contributed by atoms with Crippen molar-refractivity contribution in [1.82, 2.24) is 0 Å². The molecule has 1 aromatic heterocycles. The molecule has 0 aliphatic carbocycles. The zero-order valence-corrected chi connectivity index (χ0v) is 7.67. The summed E-state index contributed by atoms with van der Waals surface area (Å²) in [6.07, 6.45) is 3.38. The maximum absolute atomic E-state index is 8.56. The quantitative estimate of drug-likeness (QED) is 0.436. The molecule has 0 unspecified atom stereocenters. The van der Waals surface area contributed by atoms with E-state index in [1.807, 2.05) is 18.0 Å². The molecule has 0 aliphatic heterocycles. The maximum atomic E-state index is 8.56. The third-order valence-electron chi connectivity index (χ3n) is 1.25. The fourth-order valence-corrected chi connectivity index (χ4v) is 1.11. The Morgan fingerprint density at radius 1 is 1.67 bits per heavy atom. The third kappa shape index (κ3) is 1.79. The van der Waals surface area contributed by atoms with E-state index in [0.717, 1.165) is 4.47 Å². The van der Waals surface area contributed by atoms with Gasteiger partial charge in [-0.3, -0.25) is 5.41 Å². The van der Waals surface area contributed by atoms with Crippen molar-refractivity contribution in [2.75, 3.05) is 0 Å². The molecule has 0 saturated carbocycles. The van der Waals surface area contributed by atoms with Crippen LogP contribution in [-0.4, -0.2) is 5.87 Å². The first-order valence-electron chi connectivity index (χ1n) is 3.15. The molecule has 4 heteroatoms. The van der Waals surface area contributed by atoms with Crippen molar-refractivity contribution in [3.05, 3.63) is 29.0 Å². The Morgan fingerprint density at radius 2 is 2.42 bits per heavy atom. The van der Waals surface area contributed by atoms with Gasteiger partial charge in [0.15, 0.2) is 18.5 Å². The molecule has 0 radical (unpaired) electrons. The van der Waals surface area contributed by atoms with Gasteiger partial charge < -0.3 is 0 Å². The van der Waals surface area contributed by atoms with Gasteiger partial charge in [0.1, 0.15) is 0 Å². The van der Waals surface area contributed by atoms with Crippen LogP contribution in [0.15, 0.2) is 29.0 Å². The summed E-state index contributed by atoms with van der Waals surface area (Å²) in [7, 11) is 0. The third-order valence-corrected chi connectivity index (χ3v) is 1.72. The van der Waals surface area contributed by atoms with Crippen LogP contribution in [0.25, 0.3) is 5.70 Å². The second-order valence-electron chi connectivity index (χ2n) is 2.01. The van der Waals surface area contributed by atoms with Crippen LogP contribution in [-0.2, 0) is 0 Å². The molecule has 58 valence electrons. The lowest BCUT2D eigenvalue weighted by Gasteiger charge is -1.88. The average Bonchev–Trinajstić information content (AvgIpc) is 2.07. The second-order valence-corrected chi connectivity index (χ2v) is 2.93. The van der Waals surface area contributed by atoms with Crippen LogP contribution in [0, 0.1) is 16.7 Å². The summed E-state index contributed by atoms with van der Waals surface area (Å²) in [5.74, 6) is 2.04. The SMILES string of the molecule is N#CC(=C=N)[n+]1cccc(Br)c1. The molecule has 3 nitrogen and oxygen atoms in total. The summed E-state index contributed by atoms with van der Waals surface area (Å²) >= 11 is 3.26. The van der Waals surface area contributed by atoms with E-state index in [1.165, 1.54) is 4.57 Å². The summed E-state index contributed by atoms with van der Waals surface area (Å²) in [6, 6.07) is 5.47. The highest BCUT2D eigenvalue weighted by Crippen LogP contribution is 2.03. The van der Waals surface area contributed by atoms with Crippen molar-refractivity contribution >= 4 is 27.5 Å². The van der Waals surface area contributed by atoms with E-state index < -0.39 is 0 Å². The van der Waals surface area contributed by atoms with E-state index in [2.05, 4.69) is 15.9 Å². The molecule has 0 amide bonds. The van der Waals surface area contributed by atoms with Crippen LogP contribution in [0.5, 0.6) is 0 Å². The molecular weight excluding hydrogens is 218 g/mol. The predicted octanol–water partition coefficient (Wildman–Crippen LogP) is 1.35. The minimum absolute atomic E-state index is 0.163. The van der Waals surface area contributed by atoms with Crippen LogP contribution in [0.2, 0.25) is 0 Å². The molecule has 0 spiro atoms. The van der Waals surface area contributed by atoms with Crippen molar-refractivity contribution in [1.29, 1.82) is 10.7 Å². The van der Waals surface area contributed by atoms with Crippen molar-refractivity contribution in [2.24, 2.45) is 0 Å². The van der Waals surface area contributed by atoms with Crippen LogP contribution in [0.4, 0.5) is 0 Å². The molecule has 12 heavy (non-hydrogen) atoms. The Bertz CT molecular complexity index is 386. The van der Waals surface area contributed by atoms with E-state index in [-0.39, 0.29) is 5.70 Å². The van der Waals surface area contributed by atoms with E-state index >= 15 is 0 Å². The molecule has 0 bridgehead atoms. The largest absolute Gasteiger partial charge is 0.351 e. The molecule has 0 aliphatic rings. The molecule has 1 N–H and O–H groups in total. The molecule has 1 rings (SSSR count). The van der Waals surface area contributed by atoms with Crippen molar-refractivity contribution in [3.63, 3.8) is 0 Å². The lowest BCUT2D eigenvalue weighted by molar-refractivity contribution is -0.576. The van der Waals surface area contributed by atoms with Gasteiger partial charge in [-0.05, 0) is 22.0 Å². The molecule has 1 heterocycles. The molecular formula is C8H5BrN3+. The van der Waals surface area contributed by atoms with Gasteiger partial charge in [-0.25, -0.2) is 0 Å². The van der Waals surface area contributed by atoms with E-state index in [0.29, 0.717) is 0 Å². The first kappa shape index (κ1) is 8.66. The number of halogens is 1. The topological polar surface area (TPSA) is 51.5 Å². The Kier molecular flexibility index (Phi) is 2.76. The zero-order valence-electron chi connectivity index (χ0n) is 6.08. The molecule has 1 aromatic rings. The number of hydrogen-bond acceptors (Lipinski definition) is 2. The van der Waals surface area contributed by atoms with Gasteiger partial charge in [0.2, 0.25) is 0 Å². The molecule has 0 saturated heterocycles. The first-order valence-corrected chi connectivity index (χ1v) is 3.94. The van der Waals surface area contributed by atoms with Gasteiger partial charge in [0.25, 0.3) is 0 Å². The Morgan fingerprint density at radius 3 is 2.92 bits per heavy atom. The molecule has 0 aromatic carbocycles. The Balaban J connectivity index is 3.22. The lowest BCUT2D eigenvalue weighted by atomic mass is 10.4. The lowest BCUT2D eigenvalue weighted by Crippen LogP contribution is -2.30. The number of nitriles is 1. The van der Waals surface area contributed by atoms with E-state index in [1.54, 1.807) is 18.5 Å². The standard InChI is InChI=1S/C8H5BrN3/c9-7-2-1-3-12(6-7)8(4-10)5-11/h1-3,6,10H/q+1. The number of pyridine rings is 1. The summed E-state index contributed by atoms with van der Waals surface area (Å²) in [6.45, 7) is 0. The molecule has 0 atom stereocenters. The number of aromatic nitrogens is 1. The Hall–Kier alpha value is -1.43. The van der Waals surface area contributed by atoms with Crippen LogP contribution >= 0.6 is 15.9 Å². The number of allylic oxidation sites excluding steroid dienone is 1. The monoisotopic (exact) mass is 222 g/mol. The highest BCUT2D eigenvalue weighted by molar-refractivity contribution is 9.10. The van der Waals surface area contributed by atoms with Gasteiger partial charge in [-0.2, -0.15) is 5.26 Å². The van der Waals surface area contributed by atoms with Gasteiger partial charge >= 0.3 is 5.70 Å². The van der Waals surface area contributed by atoms with Crippen LogP contribution < -0.4 is 4.57 Å². The van der Waals surface area contributed by atoms with Gasteiger partial charge in [0.05, 0.1) is 10.3 Å². The minimum atomic E-state index is 0.163. The first-order chi connectivity index (χ1) is 5.77. The number of nitrogens with one attached hydrogen (secondary N) is 1. The summed E-state index contributed by atoms with van der Waals surface area (Å²) < 4.78 is 2.38. The van der Waals surface area contributed by atoms with Crippen molar-refractivity contribution in [3.8, 4) is 6.07 Å². The second kappa shape index (κ2) is 3.82. The normalized spacial score (nSPS) is 8.33. The molecule has 0 fully saturated rings. The number of nitrogens with zero attached hydrogens (tertiary/aromatic N) is 2. The highest BCUT2D eigenvalue weighted by atomic mass is 79.9.